The number of hydrogen-bond donors (Lipinski definition) is 1. The highest BCUT2D eigenvalue weighted by Crippen LogP contribution is 2.17. The van der Waals surface area contributed by atoms with Crippen molar-refractivity contribution in [1.29, 1.82) is 0 Å². The van der Waals surface area contributed by atoms with Crippen molar-refractivity contribution in [2.24, 2.45) is 0 Å². The average molecular weight is 418 g/mol. The highest BCUT2D eigenvalue weighted by Gasteiger charge is 2.22. The van der Waals surface area contributed by atoms with Gasteiger partial charge in [-0.2, -0.15) is 4.68 Å². The van der Waals surface area contributed by atoms with Gasteiger partial charge in [-0.15, -0.1) is 5.10 Å². The zero-order valence-corrected chi connectivity index (χ0v) is 18.1. The lowest BCUT2D eigenvalue weighted by Gasteiger charge is -2.35. The largest absolute Gasteiger partial charge is 0.352 e. The van der Waals surface area contributed by atoms with E-state index in [0.29, 0.717) is 26.2 Å². The second-order valence-electron chi connectivity index (χ2n) is 7.98. The fraction of sp³-hybridized carbons (Fsp3) is 0.292. The predicted molar refractivity (Wildman–Crippen MR) is 123 cm³/mol. The van der Waals surface area contributed by atoms with Gasteiger partial charge in [0.25, 0.3) is 5.56 Å². The second kappa shape index (κ2) is 8.63. The first kappa shape index (κ1) is 20.7. The summed E-state index contributed by atoms with van der Waals surface area (Å²) >= 11 is 0. The van der Waals surface area contributed by atoms with E-state index in [2.05, 4.69) is 22.2 Å². The van der Waals surface area contributed by atoms with E-state index in [1.165, 1.54) is 10.2 Å². The Bertz CT molecular complexity index is 1150. The van der Waals surface area contributed by atoms with Crippen LogP contribution in [0.15, 0.2) is 59.4 Å². The number of rotatable bonds is 3. The van der Waals surface area contributed by atoms with Crippen molar-refractivity contribution in [3.63, 3.8) is 0 Å². The van der Waals surface area contributed by atoms with Gasteiger partial charge in [0.05, 0.1) is 5.69 Å². The summed E-state index contributed by atoms with van der Waals surface area (Å²) in [5.74, 6) is 0.731. The maximum absolute atomic E-state index is 12.7. The third-order valence-corrected chi connectivity index (χ3v) is 5.71. The molecule has 0 spiro atoms. The molecule has 4 rings (SSSR count). The average Bonchev–Trinajstić information content (AvgIpc) is 2.77. The zero-order valence-electron chi connectivity index (χ0n) is 18.1. The number of benzene rings is 2. The van der Waals surface area contributed by atoms with Crippen LogP contribution in [0.25, 0.3) is 5.69 Å². The maximum Gasteiger partial charge on any atom is 0.321 e. The molecule has 0 radical (unpaired) electrons. The smallest absolute Gasteiger partial charge is 0.321 e. The number of nitrogens with zero attached hydrogens (tertiary/aromatic N) is 4. The van der Waals surface area contributed by atoms with E-state index in [9.17, 15) is 9.59 Å². The van der Waals surface area contributed by atoms with Crippen LogP contribution in [0, 0.1) is 20.8 Å². The van der Waals surface area contributed by atoms with Crippen LogP contribution in [0.3, 0.4) is 0 Å². The van der Waals surface area contributed by atoms with E-state index in [1.807, 2.05) is 61.2 Å². The minimum atomic E-state index is -0.168. The summed E-state index contributed by atoms with van der Waals surface area (Å²) in [6, 6.07) is 16.8. The Balaban J connectivity index is 1.42. The summed E-state index contributed by atoms with van der Waals surface area (Å²) in [6.45, 7) is 8.57. The van der Waals surface area contributed by atoms with Crippen LogP contribution in [0.5, 0.6) is 0 Å². The van der Waals surface area contributed by atoms with Gasteiger partial charge in [-0.25, -0.2) is 4.79 Å². The molecule has 1 aliphatic heterocycles. The third-order valence-electron chi connectivity index (χ3n) is 5.71. The summed E-state index contributed by atoms with van der Waals surface area (Å²) in [4.78, 5) is 28.9. The molecule has 3 aromatic rings. The molecular weight excluding hydrogens is 390 g/mol. The lowest BCUT2D eigenvalue weighted by atomic mass is 10.1. The maximum atomic E-state index is 12.7. The molecule has 1 aliphatic rings. The van der Waals surface area contributed by atoms with Gasteiger partial charge in [0.1, 0.15) is 5.82 Å². The Morgan fingerprint density at radius 2 is 1.58 bits per heavy atom. The van der Waals surface area contributed by atoms with Gasteiger partial charge < -0.3 is 15.1 Å². The number of anilines is 2. The van der Waals surface area contributed by atoms with Gasteiger partial charge in [0.2, 0.25) is 0 Å². The second-order valence-corrected chi connectivity index (χ2v) is 7.98. The summed E-state index contributed by atoms with van der Waals surface area (Å²) < 4.78 is 1.42. The molecule has 0 saturated carbocycles. The highest BCUT2D eigenvalue weighted by molar-refractivity contribution is 5.89. The minimum absolute atomic E-state index is 0.0968. The fourth-order valence-electron chi connectivity index (χ4n) is 3.60. The Labute approximate surface area is 181 Å². The van der Waals surface area contributed by atoms with Crippen molar-refractivity contribution in [3.8, 4) is 5.69 Å². The number of aromatic nitrogens is 2. The molecule has 7 heteroatoms. The Kier molecular flexibility index (Phi) is 5.75. The molecule has 0 atom stereocenters. The summed E-state index contributed by atoms with van der Waals surface area (Å²) in [5.41, 5.74) is 4.86. The molecule has 2 heterocycles. The summed E-state index contributed by atoms with van der Waals surface area (Å²) in [5, 5.41) is 7.55. The molecule has 0 aliphatic carbocycles. The van der Waals surface area contributed by atoms with Crippen LogP contribution in [0.1, 0.15) is 16.7 Å². The number of aryl methyl sites for hydroxylation is 3. The van der Waals surface area contributed by atoms with Crippen molar-refractivity contribution in [2.45, 2.75) is 20.8 Å². The van der Waals surface area contributed by atoms with Crippen molar-refractivity contribution in [1.82, 2.24) is 14.7 Å². The summed E-state index contributed by atoms with van der Waals surface area (Å²) in [6.07, 6.45) is 0. The highest BCUT2D eigenvalue weighted by atomic mass is 16.2. The number of urea groups is 1. The lowest BCUT2D eigenvalue weighted by Crippen LogP contribution is -2.50. The number of nitrogens with one attached hydrogen (secondary N) is 1. The van der Waals surface area contributed by atoms with E-state index in [4.69, 9.17) is 0 Å². The normalized spacial score (nSPS) is 13.9. The number of hydrogen-bond acceptors (Lipinski definition) is 4. The van der Waals surface area contributed by atoms with Gasteiger partial charge in [-0.3, -0.25) is 4.79 Å². The number of carbonyl (C=O) groups excluding carboxylic acids is 1. The van der Waals surface area contributed by atoms with E-state index in [1.54, 1.807) is 12.1 Å². The van der Waals surface area contributed by atoms with Crippen molar-refractivity contribution in [2.75, 3.05) is 36.4 Å². The van der Waals surface area contributed by atoms with Gasteiger partial charge in [-0.1, -0.05) is 23.8 Å². The van der Waals surface area contributed by atoms with E-state index in [-0.39, 0.29) is 11.6 Å². The van der Waals surface area contributed by atoms with Gasteiger partial charge in [0.15, 0.2) is 0 Å². The van der Waals surface area contributed by atoms with Crippen LogP contribution in [0.4, 0.5) is 16.3 Å². The molecule has 2 amide bonds. The minimum Gasteiger partial charge on any atom is -0.352 e. The fourth-order valence-corrected chi connectivity index (χ4v) is 3.60. The molecular formula is C24H27N5O2. The molecule has 7 nitrogen and oxygen atoms in total. The quantitative estimate of drug-likeness (QED) is 0.708. The third kappa shape index (κ3) is 4.60. The Morgan fingerprint density at radius 3 is 2.26 bits per heavy atom. The Hall–Kier alpha value is -3.61. The number of carbonyl (C=O) groups is 1. The molecule has 31 heavy (non-hydrogen) atoms. The summed E-state index contributed by atoms with van der Waals surface area (Å²) in [7, 11) is 0. The van der Waals surface area contributed by atoms with Crippen LogP contribution in [0.2, 0.25) is 0 Å². The molecule has 1 fully saturated rings. The molecule has 0 bridgehead atoms. The van der Waals surface area contributed by atoms with Crippen molar-refractivity contribution < 1.29 is 4.79 Å². The first-order valence-corrected chi connectivity index (χ1v) is 10.5. The monoisotopic (exact) mass is 417 g/mol. The molecule has 1 saturated heterocycles. The van der Waals surface area contributed by atoms with Gasteiger partial charge in [0, 0.05) is 37.9 Å². The van der Waals surface area contributed by atoms with Crippen LogP contribution >= 0.6 is 0 Å². The van der Waals surface area contributed by atoms with Crippen LogP contribution in [-0.2, 0) is 0 Å². The van der Waals surface area contributed by atoms with Gasteiger partial charge >= 0.3 is 6.03 Å². The standard InChI is InChI=1S/C24H27N5O2/c1-17-4-8-21(9-5-17)29-23(30)11-10-22(26-29)27-12-14-28(15-13-27)24(31)25-20-7-6-18(2)19(3)16-20/h4-11,16H,12-15H2,1-3H3,(H,25,31). The number of piperazine rings is 1. The molecule has 1 N–H and O–H groups in total. The number of amides is 2. The van der Waals surface area contributed by atoms with Crippen molar-refractivity contribution in [3.05, 3.63) is 81.6 Å². The molecule has 0 unspecified atom stereocenters. The van der Waals surface area contributed by atoms with Gasteiger partial charge in [-0.05, 0) is 62.2 Å². The Morgan fingerprint density at radius 1 is 0.871 bits per heavy atom. The topological polar surface area (TPSA) is 70.5 Å². The van der Waals surface area contributed by atoms with Crippen LogP contribution in [-0.4, -0.2) is 46.9 Å². The first-order chi connectivity index (χ1) is 14.9. The van der Waals surface area contributed by atoms with E-state index in [0.717, 1.165) is 28.3 Å². The molecule has 2 aromatic carbocycles. The van der Waals surface area contributed by atoms with E-state index < -0.39 is 0 Å². The lowest BCUT2D eigenvalue weighted by molar-refractivity contribution is 0.208. The first-order valence-electron chi connectivity index (χ1n) is 10.5. The SMILES string of the molecule is Cc1ccc(-n2nc(N3CCN(C(=O)Nc4ccc(C)c(C)c4)CC3)ccc2=O)cc1. The van der Waals surface area contributed by atoms with E-state index >= 15 is 0 Å². The van der Waals surface area contributed by atoms with Crippen molar-refractivity contribution >= 4 is 17.5 Å². The molecule has 160 valence electrons. The van der Waals surface area contributed by atoms with Crippen LogP contribution < -0.4 is 15.8 Å². The zero-order chi connectivity index (χ0) is 22.0. The predicted octanol–water partition coefficient (Wildman–Crippen LogP) is 3.51. The molecule has 1 aromatic heterocycles.